The van der Waals surface area contributed by atoms with Gasteiger partial charge in [-0.2, -0.15) is 5.10 Å². The fourth-order valence-corrected chi connectivity index (χ4v) is 6.16. The van der Waals surface area contributed by atoms with Crippen LogP contribution in [0, 0.1) is 26.7 Å². The fraction of sp³-hybridized carbons (Fsp3) is 0.387. The van der Waals surface area contributed by atoms with E-state index in [1.807, 2.05) is 64.1 Å². The number of carbonyl (C=O) groups excluding carboxylic acids is 1. The molecular formula is C31H34BrN7O2. The molecule has 2 aliphatic heterocycles. The van der Waals surface area contributed by atoms with E-state index < -0.39 is 0 Å². The molecule has 0 unspecified atom stereocenters. The maximum Gasteiger partial charge on any atom is 0.263 e. The number of fused-ring (bicyclic) bond motifs is 1. The molecule has 0 aliphatic carbocycles. The smallest absolute Gasteiger partial charge is 0.263 e. The first-order valence-electron chi connectivity index (χ1n) is 14.1. The first kappa shape index (κ1) is 27.4. The minimum Gasteiger partial charge on any atom is -0.356 e. The Bertz CT molecular complexity index is 1710. The van der Waals surface area contributed by atoms with Crippen molar-refractivity contribution in [3.63, 3.8) is 0 Å². The molecule has 4 aromatic rings. The number of nitrogens with zero attached hydrogens (tertiary/aromatic N) is 7. The zero-order valence-electron chi connectivity index (χ0n) is 24.1. The summed E-state index contributed by atoms with van der Waals surface area (Å²) in [5.74, 6) is 1.87. The molecule has 0 spiro atoms. The van der Waals surface area contributed by atoms with Gasteiger partial charge in [0.25, 0.3) is 11.5 Å². The molecule has 10 heteroatoms. The first-order chi connectivity index (χ1) is 19.6. The van der Waals surface area contributed by atoms with E-state index in [2.05, 4.69) is 32.9 Å². The summed E-state index contributed by atoms with van der Waals surface area (Å²) in [6, 6.07) is 11.3. The second-order valence-electron chi connectivity index (χ2n) is 11.5. The molecule has 1 amide bonds. The summed E-state index contributed by atoms with van der Waals surface area (Å²) in [6.45, 7) is 12.3. The lowest BCUT2D eigenvalue weighted by Gasteiger charge is -2.34. The summed E-state index contributed by atoms with van der Waals surface area (Å²) >= 11 is 3.52. The Balaban J connectivity index is 1.43. The Morgan fingerprint density at radius 2 is 1.88 bits per heavy atom. The van der Waals surface area contributed by atoms with Crippen molar-refractivity contribution in [2.75, 3.05) is 18.0 Å². The number of aromatic nitrogens is 5. The van der Waals surface area contributed by atoms with Crippen molar-refractivity contribution in [1.29, 1.82) is 0 Å². The predicted octanol–water partition coefficient (Wildman–Crippen LogP) is 4.93. The lowest BCUT2D eigenvalue weighted by molar-refractivity contribution is 0.0652. The minimum absolute atomic E-state index is 0.0755. The molecule has 9 nitrogen and oxygen atoms in total. The van der Waals surface area contributed by atoms with E-state index >= 15 is 0 Å². The molecule has 212 valence electrons. The van der Waals surface area contributed by atoms with Crippen LogP contribution in [0.2, 0.25) is 0 Å². The number of carbonyl (C=O) groups is 1. The Hall–Kier alpha value is -3.79. The van der Waals surface area contributed by atoms with E-state index in [-0.39, 0.29) is 24.1 Å². The number of hydrogen-bond donors (Lipinski definition) is 0. The topological polar surface area (TPSA) is 89.2 Å². The summed E-state index contributed by atoms with van der Waals surface area (Å²) < 4.78 is 4.28. The molecule has 0 N–H and O–H groups in total. The third-order valence-electron chi connectivity index (χ3n) is 8.20. The number of aryl methyl sites for hydroxylation is 3. The van der Waals surface area contributed by atoms with Crippen molar-refractivity contribution in [3.8, 4) is 11.6 Å². The summed E-state index contributed by atoms with van der Waals surface area (Å²) in [4.78, 5) is 41.7. The number of pyridine rings is 1. The van der Waals surface area contributed by atoms with Gasteiger partial charge in [0, 0.05) is 40.4 Å². The van der Waals surface area contributed by atoms with Gasteiger partial charge in [-0.3, -0.25) is 9.59 Å². The molecule has 1 aromatic carbocycles. The highest BCUT2D eigenvalue weighted by atomic mass is 79.9. The maximum atomic E-state index is 14.2. The molecule has 41 heavy (non-hydrogen) atoms. The third kappa shape index (κ3) is 4.98. The largest absolute Gasteiger partial charge is 0.356 e. The van der Waals surface area contributed by atoms with Crippen LogP contribution in [0.3, 0.4) is 0 Å². The number of rotatable bonds is 4. The van der Waals surface area contributed by atoms with Crippen LogP contribution in [-0.4, -0.2) is 54.3 Å². The Morgan fingerprint density at radius 3 is 2.51 bits per heavy atom. The highest BCUT2D eigenvalue weighted by Gasteiger charge is 2.33. The zero-order valence-corrected chi connectivity index (χ0v) is 25.6. The van der Waals surface area contributed by atoms with Crippen molar-refractivity contribution in [2.24, 2.45) is 5.92 Å². The number of hydrogen-bond acceptors (Lipinski definition) is 6. The second kappa shape index (κ2) is 10.6. The molecule has 6 rings (SSSR count). The zero-order chi connectivity index (χ0) is 29.0. The van der Waals surface area contributed by atoms with Gasteiger partial charge in [0.05, 0.1) is 29.8 Å². The Morgan fingerprint density at radius 1 is 1.07 bits per heavy atom. The quantitative estimate of drug-likeness (QED) is 0.323. The van der Waals surface area contributed by atoms with Gasteiger partial charge in [0.15, 0.2) is 0 Å². The fourth-order valence-electron chi connectivity index (χ4n) is 5.91. The van der Waals surface area contributed by atoms with E-state index in [1.165, 1.54) is 0 Å². The molecule has 3 aromatic heterocycles. The third-order valence-corrected chi connectivity index (χ3v) is 9.09. The van der Waals surface area contributed by atoms with Crippen LogP contribution in [0.1, 0.15) is 58.8 Å². The van der Waals surface area contributed by atoms with Crippen molar-refractivity contribution >= 4 is 27.7 Å². The molecular weight excluding hydrogens is 582 g/mol. The number of benzene rings is 1. The van der Waals surface area contributed by atoms with Gasteiger partial charge >= 0.3 is 0 Å². The van der Waals surface area contributed by atoms with E-state index in [0.29, 0.717) is 40.8 Å². The van der Waals surface area contributed by atoms with Crippen LogP contribution in [-0.2, 0) is 13.0 Å². The molecule has 5 heterocycles. The Labute approximate surface area is 248 Å². The van der Waals surface area contributed by atoms with Gasteiger partial charge in [-0.15, -0.1) is 0 Å². The van der Waals surface area contributed by atoms with Crippen molar-refractivity contribution < 1.29 is 4.79 Å². The van der Waals surface area contributed by atoms with Crippen LogP contribution in [0.15, 0.2) is 51.9 Å². The van der Waals surface area contributed by atoms with Crippen molar-refractivity contribution in [1.82, 2.24) is 29.2 Å². The molecule has 0 bridgehead atoms. The number of amides is 1. The number of halogens is 1. The second-order valence-corrected chi connectivity index (χ2v) is 12.3. The summed E-state index contributed by atoms with van der Waals surface area (Å²) in [5.41, 5.74) is 5.01. The van der Waals surface area contributed by atoms with Crippen LogP contribution in [0.25, 0.3) is 11.6 Å². The van der Waals surface area contributed by atoms with Gasteiger partial charge in [0.1, 0.15) is 5.82 Å². The van der Waals surface area contributed by atoms with E-state index in [1.54, 1.807) is 20.3 Å². The molecule has 0 radical (unpaired) electrons. The highest BCUT2D eigenvalue weighted by molar-refractivity contribution is 9.10. The average molecular weight is 617 g/mol. The van der Waals surface area contributed by atoms with Crippen LogP contribution < -0.4 is 10.5 Å². The van der Waals surface area contributed by atoms with Crippen LogP contribution >= 0.6 is 15.9 Å². The Kier molecular flexibility index (Phi) is 7.05. The van der Waals surface area contributed by atoms with E-state index in [0.717, 1.165) is 46.8 Å². The first-order valence-corrected chi connectivity index (χ1v) is 14.9. The standard InChI is InChI=1S/C31H34BrN7O2/c1-18-10-11-36(16-18)28-9-7-24(15-33-28)38-30(41)25-14-21(4)37(29(40)23-6-8-26(32)19(2)12-23)17-27(25)34-31(38)39-22(5)13-20(3)35-39/h6-9,12-13,15,18,21H,10-11,14,16-17H2,1-5H3/t18-,21-/m1/s1. The van der Waals surface area contributed by atoms with Crippen molar-refractivity contribution in [2.45, 2.75) is 60.0 Å². The molecule has 1 saturated heterocycles. The molecule has 0 saturated carbocycles. The summed E-state index contributed by atoms with van der Waals surface area (Å²) in [6.07, 6.45) is 3.32. The molecule has 2 aliphatic rings. The van der Waals surface area contributed by atoms with Gasteiger partial charge in [-0.05, 0) is 88.4 Å². The summed E-state index contributed by atoms with van der Waals surface area (Å²) in [5, 5.41) is 4.66. The van der Waals surface area contributed by atoms with Crippen LogP contribution in [0.4, 0.5) is 5.82 Å². The molecule has 2 atom stereocenters. The maximum absolute atomic E-state index is 14.2. The molecule has 1 fully saturated rings. The lowest BCUT2D eigenvalue weighted by atomic mass is 9.98. The monoisotopic (exact) mass is 615 g/mol. The lowest BCUT2D eigenvalue weighted by Crippen LogP contribution is -2.46. The van der Waals surface area contributed by atoms with Crippen LogP contribution in [0.5, 0.6) is 0 Å². The average Bonchev–Trinajstić information content (AvgIpc) is 3.53. The van der Waals surface area contributed by atoms with Crippen molar-refractivity contribution in [3.05, 3.63) is 91.2 Å². The van der Waals surface area contributed by atoms with Gasteiger partial charge in [-0.25, -0.2) is 19.2 Å². The minimum atomic E-state index is -0.168. The van der Waals surface area contributed by atoms with Gasteiger partial charge < -0.3 is 9.80 Å². The van der Waals surface area contributed by atoms with E-state index in [9.17, 15) is 9.59 Å². The normalized spacial score (nSPS) is 18.6. The van der Waals surface area contributed by atoms with Gasteiger partial charge in [0.2, 0.25) is 5.95 Å². The summed E-state index contributed by atoms with van der Waals surface area (Å²) in [7, 11) is 0. The number of anilines is 1. The van der Waals surface area contributed by atoms with Gasteiger partial charge in [-0.1, -0.05) is 22.9 Å². The predicted molar refractivity (Wildman–Crippen MR) is 162 cm³/mol. The van der Waals surface area contributed by atoms with E-state index in [4.69, 9.17) is 9.97 Å². The SMILES string of the molecule is Cc1cc(C)n(-c2nc3c(c(=O)n2-c2ccc(N4CC[C@@H](C)C4)nc2)C[C@@H](C)N(C(=O)c2ccc(Br)c(C)c2)C3)n1. The highest BCUT2D eigenvalue weighted by Crippen LogP contribution is 2.27.